The molecule has 0 bridgehead atoms. The molecule has 0 aliphatic carbocycles. The molecular formula is C17H24N2O. The summed E-state index contributed by atoms with van der Waals surface area (Å²) in [6, 6.07) is 9.10. The molecule has 1 aliphatic rings. The molecule has 3 rings (SSSR count). The maximum absolute atomic E-state index is 5.27. The molecule has 2 aromatic rings. The molecule has 108 valence electrons. The van der Waals surface area contributed by atoms with Crippen molar-refractivity contribution in [3.63, 3.8) is 0 Å². The van der Waals surface area contributed by atoms with Crippen molar-refractivity contribution in [2.75, 3.05) is 26.8 Å². The molecule has 1 saturated heterocycles. The maximum Gasteiger partial charge on any atom is 0.0503 e. The summed E-state index contributed by atoms with van der Waals surface area (Å²) in [5.41, 5.74) is 2.76. The highest BCUT2D eigenvalue weighted by atomic mass is 16.5. The first-order chi connectivity index (χ1) is 9.80. The Morgan fingerprint density at radius 1 is 1.30 bits per heavy atom. The molecule has 0 N–H and O–H groups in total. The third-order valence-electron chi connectivity index (χ3n) is 4.35. The van der Waals surface area contributed by atoms with Crippen LogP contribution in [0.25, 0.3) is 10.9 Å². The van der Waals surface area contributed by atoms with Gasteiger partial charge in [-0.25, -0.2) is 0 Å². The van der Waals surface area contributed by atoms with Crippen LogP contribution in [0, 0.1) is 5.92 Å². The molecule has 0 radical (unpaired) electrons. The highest BCUT2D eigenvalue weighted by Gasteiger charge is 2.22. The number of methoxy groups -OCH3 is 1. The molecule has 3 nitrogen and oxygen atoms in total. The predicted octanol–water partition coefficient (Wildman–Crippen LogP) is 3.13. The monoisotopic (exact) mass is 272 g/mol. The van der Waals surface area contributed by atoms with Gasteiger partial charge in [-0.2, -0.15) is 0 Å². The largest absolute Gasteiger partial charge is 0.384 e. The molecule has 0 saturated carbocycles. The van der Waals surface area contributed by atoms with E-state index in [1.165, 1.54) is 36.0 Å². The van der Waals surface area contributed by atoms with Crippen molar-refractivity contribution in [3.8, 4) is 0 Å². The molecule has 3 heteroatoms. The van der Waals surface area contributed by atoms with Crippen molar-refractivity contribution >= 4 is 10.9 Å². The van der Waals surface area contributed by atoms with E-state index in [-0.39, 0.29) is 0 Å². The SMILES string of the molecule is CCn1ccc2cc(CN3CC[C@@H](COC)C3)ccc21. The number of hydrogen-bond donors (Lipinski definition) is 0. The Labute approximate surface area is 121 Å². The summed E-state index contributed by atoms with van der Waals surface area (Å²) < 4.78 is 7.56. The van der Waals surface area contributed by atoms with Gasteiger partial charge in [-0.1, -0.05) is 6.07 Å². The van der Waals surface area contributed by atoms with Gasteiger partial charge in [0.15, 0.2) is 0 Å². The zero-order valence-electron chi connectivity index (χ0n) is 12.5. The van der Waals surface area contributed by atoms with E-state index in [0.29, 0.717) is 5.92 Å². The molecular weight excluding hydrogens is 248 g/mol. The highest BCUT2D eigenvalue weighted by molar-refractivity contribution is 5.80. The molecule has 1 aromatic heterocycles. The van der Waals surface area contributed by atoms with Gasteiger partial charge in [0, 0.05) is 38.5 Å². The summed E-state index contributed by atoms with van der Waals surface area (Å²) in [6.45, 7) is 7.55. The van der Waals surface area contributed by atoms with Crippen molar-refractivity contribution in [2.45, 2.75) is 26.4 Å². The van der Waals surface area contributed by atoms with E-state index >= 15 is 0 Å². The van der Waals surface area contributed by atoms with Crippen LogP contribution in [0.5, 0.6) is 0 Å². The van der Waals surface area contributed by atoms with E-state index in [1.807, 2.05) is 0 Å². The standard InChI is InChI=1S/C17H24N2O/c1-3-19-9-7-16-10-14(4-5-17(16)19)11-18-8-6-15(12-18)13-20-2/h4-5,7,9-10,15H,3,6,8,11-13H2,1-2H3/t15-/m1/s1. The minimum Gasteiger partial charge on any atom is -0.384 e. The van der Waals surface area contributed by atoms with Crippen LogP contribution in [0.2, 0.25) is 0 Å². The summed E-state index contributed by atoms with van der Waals surface area (Å²) in [5, 5.41) is 1.36. The Balaban J connectivity index is 1.69. The van der Waals surface area contributed by atoms with Crippen LogP contribution in [0.1, 0.15) is 18.9 Å². The van der Waals surface area contributed by atoms with Gasteiger partial charge in [0.25, 0.3) is 0 Å². The lowest BCUT2D eigenvalue weighted by atomic mass is 10.1. The van der Waals surface area contributed by atoms with Crippen LogP contribution >= 0.6 is 0 Å². The average Bonchev–Trinajstić information content (AvgIpc) is 3.05. The first-order valence-electron chi connectivity index (χ1n) is 7.59. The van der Waals surface area contributed by atoms with Gasteiger partial charge in [0.05, 0.1) is 6.61 Å². The first-order valence-corrected chi connectivity index (χ1v) is 7.59. The molecule has 1 fully saturated rings. The number of ether oxygens (including phenoxy) is 1. The summed E-state index contributed by atoms with van der Waals surface area (Å²) in [5.74, 6) is 0.713. The summed E-state index contributed by atoms with van der Waals surface area (Å²) in [6.07, 6.45) is 3.45. The van der Waals surface area contributed by atoms with E-state index in [2.05, 4.69) is 46.9 Å². The lowest BCUT2D eigenvalue weighted by Gasteiger charge is -2.16. The zero-order valence-corrected chi connectivity index (χ0v) is 12.5. The fourth-order valence-corrected chi connectivity index (χ4v) is 3.31. The van der Waals surface area contributed by atoms with Crippen molar-refractivity contribution < 1.29 is 4.74 Å². The second-order valence-corrected chi connectivity index (χ2v) is 5.84. The Hall–Kier alpha value is -1.32. The quantitative estimate of drug-likeness (QED) is 0.832. The van der Waals surface area contributed by atoms with Crippen LogP contribution in [0.3, 0.4) is 0 Å². The fraction of sp³-hybridized carbons (Fsp3) is 0.529. The molecule has 1 aromatic carbocycles. The van der Waals surface area contributed by atoms with Gasteiger partial charge in [0.2, 0.25) is 0 Å². The normalized spacial score (nSPS) is 20.0. The molecule has 1 atom stereocenters. The van der Waals surface area contributed by atoms with Gasteiger partial charge in [-0.05, 0) is 55.0 Å². The smallest absolute Gasteiger partial charge is 0.0503 e. The minimum atomic E-state index is 0.713. The van der Waals surface area contributed by atoms with Gasteiger partial charge in [-0.3, -0.25) is 4.90 Å². The van der Waals surface area contributed by atoms with Gasteiger partial charge >= 0.3 is 0 Å². The third-order valence-corrected chi connectivity index (χ3v) is 4.35. The first kappa shape index (κ1) is 13.7. The van der Waals surface area contributed by atoms with E-state index in [0.717, 1.165) is 19.7 Å². The maximum atomic E-state index is 5.27. The lowest BCUT2D eigenvalue weighted by Crippen LogP contribution is -2.21. The van der Waals surface area contributed by atoms with E-state index in [9.17, 15) is 0 Å². The summed E-state index contributed by atoms with van der Waals surface area (Å²) in [7, 11) is 1.80. The zero-order chi connectivity index (χ0) is 13.9. The third kappa shape index (κ3) is 2.74. The summed E-state index contributed by atoms with van der Waals surface area (Å²) in [4.78, 5) is 2.54. The second-order valence-electron chi connectivity index (χ2n) is 5.84. The van der Waals surface area contributed by atoms with Gasteiger partial charge in [0.1, 0.15) is 0 Å². The van der Waals surface area contributed by atoms with Gasteiger partial charge in [-0.15, -0.1) is 0 Å². The fourth-order valence-electron chi connectivity index (χ4n) is 3.31. The molecule has 1 aliphatic heterocycles. The number of aryl methyl sites for hydroxylation is 1. The number of likely N-dealkylation sites (tertiary alicyclic amines) is 1. The Morgan fingerprint density at radius 3 is 3.00 bits per heavy atom. The van der Waals surface area contributed by atoms with Crippen molar-refractivity contribution in [1.82, 2.24) is 9.47 Å². The van der Waals surface area contributed by atoms with E-state index in [4.69, 9.17) is 4.74 Å². The molecule has 0 unspecified atom stereocenters. The minimum absolute atomic E-state index is 0.713. The van der Waals surface area contributed by atoms with Gasteiger partial charge < -0.3 is 9.30 Å². The Bertz CT molecular complexity index is 575. The van der Waals surface area contributed by atoms with E-state index < -0.39 is 0 Å². The highest BCUT2D eigenvalue weighted by Crippen LogP contribution is 2.22. The van der Waals surface area contributed by atoms with Crippen molar-refractivity contribution in [1.29, 1.82) is 0 Å². The number of rotatable bonds is 5. The number of benzene rings is 1. The molecule has 2 heterocycles. The van der Waals surface area contributed by atoms with Crippen LogP contribution in [-0.4, -0.2) is 36.3 Å². The number of fused-ring (bicyclic) bond motifs is 1. The van der Waals surface area contributed by atoms with E-state index in [1.54, 1.807) is 7.11 Å². The summed E-state index contributed by atoms with van der Waals surface area (Å²) >= 11 is 0. The number of aromatic nitrogens is 1. The topological polar surface area (TPSA) is 17.4 Å². The number of hydrogen-bond acceptors (Lipinski definition) is 2. The average molecular weight is 272 g/mol. The predicted molar refractivity (Wildman–Crippen MR) is 82.9 cm³/mol. The van der Waals surface area contributed by atoms with Crippen LogP contribution < -0.4 is 0 Å². The Kier molecular flexibility index (Phi) is 4.08. The number of nitrogens with zero attached hydrogens (tertiary/aromatic N) is 2. The van der Waals surface area contributed by atoms with Crippen molar-refractivity contribution in [2.24, 2.45) is 5.92 Å². The molecule has 0 amide bonds. The lowest BCUT2D eigenvalue weighted by molar-refractivity contribution is 0.152. The second kappa shape index (κ2) is 5.98. The van der Waals surface area contributed by atoms with Crippen LogP contribution in [0.15, 0.2) is 30.5 Å². The Morgan fingerprint density at radius 2 is 2.20 bits per heavy atom. The van der Waals surface area contributed by atoms with Crippen LogP contribution in [-0.2, 0) is 17.8 Å². The molecule has 20 heavy (non-hydrogen) atoms. The molecule has 0 spiro atoms. The van der Waals surface area contributed by atoms with Crippen LogP contribution in [0.4, 0.5) is 0 Å². The van der Waals surface area contributed by atoms with Crippen molar-refractivity contribution in [3.05, 3.63) is 36.0 Å².